The molecule has 0 saturated carbocycles. The standard InChI is InChI=1S/C13H8N2O5S/c1-2-5-14-12(17)11(21-13(14)18)7-8-6-9(15(19)20)3-4-10(8)16/h1,3-4,6-7,16H,5H2/p-1/b11-7-. The van der Waals surface area contributed by atoms with Crippen molar-refractivity contribution >= 4 is 34.7 Å². The van der Waals surface area contributed by atoms with Gasteiger partial charge in [-0.05, 0) is 23.4 Å². The van der Waals surface area contributed by atoms with Crippen LogP contribution in [0.25, 0.3) is 6.08 Å². The van der Waals surface area contributed by atoms with E-state index < -0.39 is 21.8 Å². The minimum absolute atomic E-state index is 0.00727. The van der Waals surface area contributed by atoms with Crippen molar-refractivity contribution in [3.05, 3.63) is 38.8 Å². The first kappa shape index (κ1) is 14.6. The van der Waals surface area contributed by atoms with Crippen LogP contribution in [0.5, 0.6) is 5.75 Å². The Bertz CT molecular complexity index is 720. The molecular formula is C13H7N2O5S-. The van der Waals surface area contributed by atoms with Gasteiger partial charge in [0, 0.05) is 12.1 Å². The zero-order valence-corrected chi connectivity index (χ0v) is 11.3. The molecule has 1 saturated heterocycles. The van der Waals surface area contributed by atoms with E-state index in [-0.39, 0.29) is 22.7 Å². The molecule has 1 aliphatic heterocycles. The van der Waals surface area contributed by atoms with Gasteiger partial charge in [0.25, 0.3) is 16.8 Å². The molecule has 7 nitrogen and oxygen atoms in total. The van der Waals surface area contributed by atoms with Gasteiger partial charge < -0.3 is 5.11 Å². The topological polar surface area (TPSA) is 104 Å². The number of imide groups is 1. The molecule has 1 heterocycles. The number of hydrogen-bond donors (Lipinski definition) is 0. The van der Waals surface area contributed by atoms with E-state index in [0.717, 1.165) is 29.2 Å². The molecule has 106 valence electrons. The summed E-state index contributed by atoms with van der Waals surface area (Å²) in [5.41, 5.74) is -0.306. The first-order chi connectivity index (χ1) is 9.93. The zero-order valence-electron chi connectivity index (χ0n) is 10.4. The Kier molecular flexibility index (Phi) is 3.95. The highest BCUT2D eigenvalue weighted by atomic mass is 32.2. The predicted molar refractivity (Wildman–Crippen MR) is 74.1 cm³/mol. The van der Waals surface area contributed by atoms with Crippen molar-refractivity contribution in [1.82, 2.24) is 4.90 Å². The second kappa shape index (κ2) is 5.68. The van der Waals surface area contributed by atoms with Gasteiger partial charge in [0.15, 0.2) is 0 Å². The van der Waals surface area contributed by atoms with Gasteiger partial charge in [-0.2, -0.15) is 0 Å². The largest absolute Gasteiger partial charge is 0.872 e. The monoisotopic (exact) mass is 303 g/mol. The number of nitro benzene ring substituents is 1. The lowest BCUT2D eigenvalue weighted by Gasteiger charge is -2.10. The Morgan fingerprint density at radius 2 is 2.14 bits per heavy atom. The lowest BCUT2D eigenvalue weighted by molar-refractivity contribution is -0.385. The molecule has 1 aromatic carbocycles. The molecule has 1 fully saturated rings. The first-order valence-electron chi connectivity index (χ1n) is 5.58. The number of hydrogen-bond acceptors (Lipinski definition) is 6. The fourth-order valence-corrected chi connectivity index (χ4v) is 2.46. The summed E-state index contributed by atoms with van der Waals surface area (Å²) in [6, 6.07) is 3.16. The van der Waals surface area contributed by atoms with E-state index in [9.17, 15) is 24.8 Å². The summed E-state index contributed by atoms with van der Waals surface area (Å²) in [5, 5.41) is 21.8. The van der Waals surface area contributed by atoms with Gasteiger partial charge in [0.05, 0.1) is 16.4 Å². The number of carbonyl (C=O) groups is 2. The number of carbonyl (C=O) groups excluding carboxylic acids is 2. The van der Waals surface area contributed by atoms with Crippen molar-refractivity contribution in [3.8, 4) is 18.1 Å². The molecule has 0 unspecified atom stereocenters. The molecule has 1 aliphatic rings. The molecule has 21 heavy (non-hydrogen) atoms. The van der Waals surface area contributed by atoms with Crippen LogP contribution in [-0.4, -0.2) is 27.5 Å². The van der Waals surface area contributed by atoms with Gasteiger partial charge in [0.2, 0.25) is 0 Å². The molecule has 0 aromatic heterocycles. The minimum Gasteiger partial charge on any atom is -0.872 e. The van der Waals surface area contributed by atoms with Gasteiger partial charge in [-0.1, -0.05) is 12.0 Å². The normalized spacial score (nSPS) is 16.3. The van der Waals surface area contributed by atoms with Gasteiger partial charge in [-0.3, -0.25) is 24.6 Å². The van der Waals surface area contributed by atoms with Crippen LogP contribution in [0.2, 0.25) is 0 Å². The molecule has 0 N–H and O–H groups in total. The van der Waals surface area contributed by atoms with Crippen molar-refractivity contribution in [1.29, 1.82) is 0 Å². The van der Waals surface area contributed by atoms with Crippen LogP contribution in [0.15, 0.2) is 23.1 Å². The second-order valence-electron chi connectivity index (χ2n) is 3.95. The Morgan fingerprint density at radius 1 is 1.43 bits per heavy atom. The Balaban J connectivity index is 2.39. The molecule has 2 rings (SSSR count). The van der Waals surface area contributed by atoms with Gasteiger partial charge in [-0.15, -0.1) is 12.2 Å². The summed E-state index contributed by atoms with van der Waals surface area (Å²) in [5.74, 6) is 1.08. The van der Waals surface area contributed by atoms with Crippen LogP contribution in [0.3, 0.4) is 0 Å². The Hall–Kier alpha value is -2.79. The summed E-state index contributed by atoms with van der Waals surface area (Å²) in [6.07, 6.45) is 6.22. The third-order valence-electron chi connectivity index (χ3n) is 2.61. The molecule has 2 amide bonds. The van der Waals surface area contributed by atoms with Crippen molar-refractivity contribution in [2.24, 2.45) is 0 Å². The maximum absolute atomic E-state index is 11.9. The highest BCUT2D eigenvalue weighted by Crippen LogP contribution is 2.33. The van der Waals surface area contributed by atoms with E-state index in [1.165, 1.54) is 0 Å². The molecule has 0 atom stereocenters. The van der Waals surface area contributed by atoms with Crippen LogP contribution in [-0.2, 0) is 4.79 Å². The second-order valence-corrected chi connectivity index (χ2v) is 4.94. The molecule has 0 spiro atoms. The van der Waals surface area contributed by atoms with Crippen LogP contribution >= 0.6 is 11.8 Å². The lowest BCUT2D eigenvalue weighted by atomic mass is 10.1. The molecule has 0 bridgehead atoms. The van der Waals surface area contributed by atoms with Crippen LogP contribution in [0, 0.1) is 22.5 Å². The Labute approximate surface area is 123 Å². The van der Waals surface area contributed by atoms with Gasteiger partial charge >= 0.3 is 0 Å². The summed E-state index contributed by atoms with van der Waals surface area (Å²) in [7, 11) is 0. The number of rotatable bonds is 3. The van der Waals surface area contributed by atoms with E-state index >= 15 is 0 Å². The quantitative estimate of drug-likeness (QED) is 0.361. The third kappa shape index (κ3) is 2.88. The number of amides is 2. The summed E-state index contributed by atoms with van der Waals surface area (Å²) >= 11 is 0.634. The number of thioether (sulfide) groups is 1. The Morgan fingerprint density at radius 3 is 2.76 bits per heavy atom. The number of nitrogens with zero attached hydrogens (tertiary/aromatic N) is 2. The predicted octanol–water partition coefficient (Wildman–Crippen LogP) is 1.34. The fourth-order valence-electron chi connectivity index (χ4n) is 1.63. The van der Waals surface area contributed by atoms with E-state index in [0.29, 0.717) is 11.8 Å². The van der Waals surface area contributed by atoms with Crippen molar-refractivity contribution in [3.63, 3.8) is 0 Å². The minimum atomic E-state index is -0.652. The number of benzene rings is 1. The summed E-state index contributed by atoms with van der Waals surface area (Å²) in [4.78, 5) is 34.4. The van der Waals surface area contributed by atoms with E-state index in [1.807, 2.05) is 0 Å². The van der Waals surface area contributed by atoms with Crippen molar-refractivity contribution in [2.75, 3.05) is 6.54 Å². The summed E-state index contributed by atoms with van der Waals surface area (Å²) < 4.78 is 0. The SMILES string of the molecule is C#CCN1C(=O)S/C(=C\c2cc([N+](=O)[O-])ccc2[O-])C1=O. The number of nitro groups is 1. The molecule has 8 heteroatoms. The van der Waals surface area contributed by atoms with E-state index in [4.69, 9.17) is 6.42 Å². The highest BCUT2D eigenvalue weighted by Gasteiger charge is 2.34. The lowest BCUT2D eigenvalue weighted by Crippen LogP contribution is -2.28. The molecular weight excluding hydrogens is 296 g/mol. The average molecular weight is 303 g/mol. The summed E-state index contributed by atoms with van der Waals surface area (Å²) in [6.45, 7) is -0.165. The molecule has 0 aliphatic carbocycles. The third-order valence-corrected chi connectivity index (χ3v) is 3.52. The maximum Gasteiger partial charge on any atom is 0.294 e. The van der Waals surface area contributed by atoms with Gasteiger partial charge in [-0.25, -0.2) is 0 Å². The smallest absolute Gasteiger partial charge is 0.294 e. The maximum atomic E-state index is 11.9. The number of non-ortho nitro benzene ring substituents is 1. The molecule has 1 aromatic rings. The van der Waals surface area contributed by atoms with E-state index in [1.54, 1.807) is 0 Å². The van der Waals surface area contributed by atoms with Crippen molar-refractivity contribution < 1.29 is 19.6 Å². The van der Waals surface area contributed by atoms with Crippen LogP contribution in [0.4, 0.5) is 10.5 Å². The van der Waals surface area contributed by atoms with Crippen LogP contribution < -0.4 is 5.11 Å². The molecule has 0 radical (unpaired) electrons. The van der Waals surface area contributed by atoms with Crippen molar-refractivity contribution in [2.45, 2.75) is 0 Å². The average Bonchev–Trinajstić information content (AvgIpc) is 2.69. The fraction of sp³-hybridized carbons (Fsp3) is 0.0769. The van der Waals surface area contributed by atoms with Crippen LogP contribution in [0.1, 0.15) is 5.56 Å². The first-order valence-corrected chi connectivity index (χ1v) is 6.40. The highest BCUT2D eigenvalue weighted by molar-refractivity contribution is 8.18. The zero-order chi connectivity index (χ0) is 15.6. The van der Waals surface area contributed by atoms with E-state index in [2.05, 4.69) is 5.92 Å². The number of terminal acetylenes is 1. The van der Waals surface area contributed by atoms with Gasteiger partial charge in [0.1, 0.15) is 0 Å².